The van der Waals surface area contributed by atoms with Gasteiger partial charge in [0.15, 0.2) is 0 Å². The van der Waals surface area contributed by atoms with Gasteiger partial charge in [0, 0.05) is 11.4 Å². The number of rotatable bonds is 12. The summed E-state index contributed by atoms with van der Waals surface area (Å²) in [4.78, 5) is 0. The minimum absolute atomic E-state index is 0.0688. The van der Waals surface area contributed by atoms with Crippen molar-refractivity contribution in [3.63, 3.8) is 0 Å². The predicted octanol–water partition coefficient (Wildman–Crippen LogP) is 11.7. The first-order valence-corrected chi connectivity index (χ1v) is 18.5. The van der Waals surface area contributed by atoms with Crippen molar-refractivity contribution < 1.29 is 8.92 Å². The Hall–Kier alpha value is 0.01000. The summed E-state index contributed by atoms with van der Waals surface area (Å²) >= 11 is 1.71. The van der Waals surface area contributed by atoms with Gasteiger partial charge in [0.25, 0.3) is 0 Å². The molecule has 9 atom stereocenters. The van der Waals surface area contributed by atoms with Crippen LogP contribution in [-0.4, -0.2) is 23.1 Å². The van der Waals surface area contributed by atoms with E-state index in [-0.39, 0.29) is 10.3 Å². The lowest BCUT2D eigenvalue weighted by atomic mass is 9.47. The lowest BCUT2D eigenvalue weighted by Crippen LogP contribution is -2.51. The van der Waals surface area contributed by atoms with Crippen LogP contribution in [0, 0.1) is 52.3 Å². The van der Waals surface area contributed by atoms with Crippen LogP contribution < -0.4 is 0 Å². The summed E-state index contributed by atoms with van der Waals surface area (Å²) in [5.74, 6) is 6.30. The van der Waals surface area contributed by atoms with Crippen LogP contribution in [0.15, 0.2) is 11.6 Å². The summed E-state index contributed by atoms with van der Waals surface area (Å²) in [6.07, 6.45) is 19.2. The van der Waals surface area contributed by atoms with Gasteiger partial charge in [0.05, 0.1) is 11.7 Å². The zero-order chi connectivity index (χ0) is 30.2. The molecule has 2 nitrogen and oxygen atoms in total. The number of fused-ring (bicyclic) bond motifs is 5. The standard InChI is InChI=1S/C38H68O2S/c1-12-28(26(2)3)14-13-27(4)32-17-18-33-31-16-15-29-25-30(40-41-36(8,9)23-24-39-35(5,6)7)19-21-37(29,10)34(31)20-22-38(32,33)11/h15,26-28,30-34H,12-14,16-25H2,1-11H3/t27-,28-,30+,31+,32?,33+,34+,37+,38-/m1/s1. The molecular formula is C38H68O2S. The average Bonchev–Trinajstić information content (AvgIpc) is 3.24. The van der Waals surface area contributed by atoms with E-state index in [4.69, 9.17) is 8.92 Å². The molecule has 0 heterocycles. The Bertz CT molecular complexity index is 885. The van der Waals surface area contributed by atoms with E-state index in [1.54, 1.807) is 17.6 Å². The minimum atomic E-state index is -0.0688. The van der Waals surface area contributed by atoms with Crippen LogP contribution in [-0.2, 0) is 8.92 Å². The first-order valence-electron chi connectivity index (χ1n) is 17.8. The molecule has 4 rings (SSSR count). The fourth-order valence-corrected chi connectivity index (χ4v) is 10.9. The third-order valence-corrected chi connectivity index (χ3v) is 14.0. The predicted molar refractivity (Wildman–Crippen MR) is 179 cm³/mol. The van der Waals surface area contributed by atoms with E-state index in [0.717, 1.165) is 60.9 Å². The van der Waals surface area contributed by atoms with Crippen LogP contribution in [0.1, 0.15) is 153 Å². The zero-order valence-corrected chi connectivity index (χ0v) is 29.9. The maximum absolute atomic E-state index is 6.57. The van der Waals surface area contributed by atoms with Gasteiger partial charge in [-0.15, -0.1) is 0 Å². The largest absolute Gasteiger partial charge is 0.376 e. The molecule has 0 aromatic carbocycles. The Kier molecular flexibility index (Phi) is 10.9. The van der Waals surface area contributed by atoms with Gasteiger partial charge in [-0.05, 0) is 163 Å². The quantitative estimate of drug-likeness (QED) is 0.167. The maximum Gasteiger partial charge on any atom is 0.0760 e. The fourth-order valence-electron chi connectivity index (χ4n) is 10.2. The third-order valence-electron chi connectivity index (χ3n) is 12.9. The molecule has 238 valence electrons. The number of hydrogen-bond donors (Lipinski definition) is 0. The first kappa shape index (κ1) is 33.9. The van der Waals surface area contributed by atoms with Gasteiger partial charge in [-0.3, -0.25) is 0 Å². The third kappa shape index (κ3) is 7.64. The monoisotopic (exact) mass is 588 g/mol. The minimum Gasteiger partial charge on any atom is -0.376 e. The van der Waals surface area contributed by atoms with Crippen LogP contribution in [0.25, 0.3) is 0 Å². The summed E-state index contributed by atoms with van der Waals surface area (Å²) < 4.78 is 12.7. The molecule has 0 N–H and O–H groups in total. The van der Waals surface area contributed by atoms with Crippen LogP contribution in [0.4, 0.5) is 0 Å². The van der Waals surface area contributed by atoms with Crippen molar-refractivity contribution in [3.8, 4) is 0 Å². The smallest absolute Gasteiger partial charge is 0.0760 e. The summed E-state index contributed by atoms with van der Waals surface area (Å²) in [6, 6.07) is 0. The van der Waals surface area contributed by atoms with Gasteiger partial charge < -0.3 is 8.92 Å². The van der Waals surface area contributed by atoms with E-state index in [0.29, 0.717) is 16.9 Å². The van der Waals surface area contributed by atoms with Gasteiger partial charge in [-0.1, -0.05) is 66.0 Å². The van der Waals surface area contributed by atoms with Crippen molar-refractivity contribution in [2.45, 2.75) is 170 Å². The Morgan fingerprint density at radius 1 is 0.951 bits per heavy atom. The highest BCUT2D eigenvalue weighted by atomic mass is 32.2. The van der Waals surface area contributed by atoms with Crippen molar-refractivity contribution in [2.75, 3.05) is 6.61 Å². The van der Waals surface area contributed by atoms with Crippen LogP contribution in [0.2, 0.25) is 0 Å². The Labute approximate surface area is 260 Å². The second kappa shape index (κ2) is 13.2. The van der Waals surface area contributed by atoms with Gasteiger partial charge in [0.1, 0.15) is 0 Å². The van der Waals surface area contributed by atoms with E-state index in [9.17, 15) is 0 Å². The van der Waals surface area contributed by atoms with Crippen LogP contribution >= 0.6 is 12.0 Å². The molecule has 0 amide bonds. The van der Waals surface area contributed by atoms with Crippen molar-refractivity contribution in [2.24, 2.45) is 52.3 Å². The molecule has 0 saturated heterocycles. The fraction of sp³-hybridized carbons (Fsp3) is 0.947. The Morgan fingerprint density at radius 2 is 1.68 bits per heavy atom. The van der Waals surface area contributed by atoms with Gasteiger partial charge in [-0.2, -0.15) is 0 Å². The molecule has 0 bridgehead atoms. The molecule has 0 aliphatic heterocycles. The molecular weight excluding hydrogens is 520 g/mol. The molecule has 3 saturated carbocycles. The number of ether oxygens (including phenoxy) is 1. The van der Waals surface area contributed by atoms with E-state index in [1.807, 2.05) is 0 Å². The number of allylic oxidation sites excluding steroid dienone is 1. The summed E-state index contributed by atoms with van der Waals surface area (Å²) in [5.41, 5.74) is 2.65. The number of hydrogen-bond acceptors (Lipinski definition) is 3. The average molecular weight is 589 g/mol. The molecule has 0 aromatic rings. The molecule has 41 heavy (non-hydrogen) atoms. The highest BCUT2D eigenvalue weighted by molar-refractivity contribution is 7.96. The van der Waals surface area contributed by atoms with E-state index < -0.39 is 0 Å². The summed E-state index contributed by atoms with van der Waals surface area (Å²) in [6.45, 7) is 27.1. The SMILES string of the molecule is CC[C@H](CC[C@@H](C)C1CC[C@H]2[C@@H]3CC=C4C[C@@H](OSC(C)(C)CCOC(C)(C)C)CC[C@]4(C)[C@H]3CC[C@]12C)C(C)C. The molecule has 0 radical (unpaired) electrons. The van der Waals surface area contributed by atoms with Crippen LogP contribution in [0.5, 0.6) is 0 Å². The first-order chi connectivity index (χ1) is 19.1. The highest BCUT2D eigenvalue weighted by Crippen LogP contribution is 2.67. The second-order valence-electron chi connectivity index (χ2n) is 17.5. The molecule has 1 unspecified atom stereocenters. The topological polar surface area (TPSA) is 18.5 Å². The summed E-state index contributed by atoms with van der Waals surface area (Å²) in [7, 11) is 0. The van der Waals surface area contributed by atoms with Gasteiger partial charge in [-0.25, -0.2) is 0 Å². The summed E-state index contributed by atoms with van der Waals surface area (Å²) in [5, 5.41) is 0. The molecule has 0 aromatic heterocycles. The normalized spacial score (nSPS) is 37.3. The molecule has 4 aliphatic carbocycles. The lowest BCUT2D eigenvalue weighted by Gasteiger charge is -2.58. The van der Waals surface area contributed by atoms with Crippen molar-refractivity contribution in [3.05, 3.63) is 11.6 Å². The lowest BCUT2D eigenvalue weighted by molar-refractivity contribution is -0.0555. The maximum atomic E-state index is 6.57. The van der Waals surface area contributed by atoms with Crippen molar-refractivity contribution in [1.82, 2.24) is 0 Å². The molecule has 3 heteroatoms. The van der Waals surface area contributed by atoms with Gasteiger partial charge in [0.2, 0.25) is 0 Å². The molecule has 3 fully saturated rings. The Morgan fingerprint density at radius 3 is 2.34 bits per heavy atom. The molecule has 4 aliphatic rings. The molecule has 0 spiro atoms. The van der Waals surface area contributed by atoms with Crippen molar-refractivity contribution in [1.29, 1.82) is 0 Å². The van der Waals surface area contributed by atoms with E-state index in [1.165, 1.54) is 64.2 Å². The zero-order valence-electron chi connectivity index (χ0n) is 29.1. The van der Waals surface area contributed by atoms with E-state index >= 15 is 0 Å². The Balaban J connectivity index is 1.35. The van der Waals surface area contributed by atoms with Crippen molar-refractivity contribution >= 4 is 12.0 Å². The van der Waals surface area contributed by atoms with E-state index in [2.05, 4.69) is 82.2 Å². The highest BCUT2D eigenvalue weighted by Gasteiger charge is 2.59. The van der Waals surface area contributed by atoms with Gasteiger partial charge >= 0.3 is 0 Å². The second-order valence-corrected chi connectivity index (χ2v) is 18.9. The van der Waals surface area contributed by atoms with Crippen LogP contribution in [0.3, 0.4) is 0 Å².